The Morgan fingerprint density at radius 3 is 2.64 bits per heavy atom. The van der Waals surface area contributed by atoms with Gasteiger partial charge in [0.05, 0.1) is 4.88 Å². The van der Waals surface area contributed by atoms with Crippen molar-refractivity contribution in [1.82, 2.24) is 10.2 Å². The van der Waals surface area contributed by atoms with Crippen LogP contribution in [0.4, 0.5) is 0 Å². The highest BCUT2D eigenvalue weighted by Crippen LogP contribution is 2.37. The van der Waals surface area contributed by atoms with Gasteiger partial charge < -0.3 is 10.2 Å². The molecular weight excluding hydrogens is 364 g/mol. The van der Waals surface area contributed by atoms with Crippen LogP contribution in [0.3, 0.4) is 0 Å². The number of amides is 1. The molecule has 6 rings (SSSR count). The van der Waals surface area contributed by atoms with Crippen LogP contribution in [0.2, 0.25) is 0 Å². The number of nitrogens with zero attached hydrogens (tertiary/aromatic N) is 1. The first kappa shape index (κ1) is 17.9. The highest BCUT2D eigenvalue weighted by molar-refractivity contribution is 7.21. The molecule has 0 spiro atoms. The van der Waals surface area contributed by atoms with Gasteiger partial charge in [-0.05, 0) is 66.4 Å². The summed E-state index contributed by atoms with van der Waals surface area (Å²) in [7, 11) is 0. The molecule has 1 aromatic heterocycles. The molecule has 144 valence electrons. The molecule has 28 heavy (non-hydrogen) atoms. The molecule has 2 aromatic carbocycles. The first-order valence-corrected chi connectivity index (χ1v) is 11.2. The van der Waals surface area contributed by atoms with E-state index in [1.165, 1.54) is 47.3 Å². The molecule has 3 aliphatic rings. The lowest BCUT2D eigenvalue weighted by Crippen LogP contribution is -2.57. The highest BCUT2D eigenvalue weighted by Gasteiger charge is 2.35. The third-order valence-electron chi connectivity index (χ3n) is 6.43. The second-order valence-electron chi connectivity index (χ2n) is 8.06. The van der Waals surface area contributed by atoms with Crippen molar-refractivity contribution in [1.29, 1.82) is 0 Å². The van der Waals surface area contributed by atoms with E-state index < -0.39 is 0 Å². The smallest absolute Gasteiger partial charge is 0.261 e. The van der Waals surface area contributed by atoms with Crippen molar-refractivity contribution in [3.8, 4) is 11.1 Å². The fraction of sp³-hybridized carbons (Fsp3) is 0.375. The Morgan fingerprint density at radius 2 is 1.89 bits per heavy atom. The van der Waals surface area contributed by atoms with E-state index in [1.54, 1.807) is 11.3 Å². The Hall–Kier alpha value is -2.17. The number of nitrogens with one attached hydrogen (secondary N) is 1. The molecule has 3 nitrogen and oxygen atoms in total. The number of aryl methyl sites for hydroxylation is 1. The second kappa shape index (κ2) is 7.34. The molecule has 0 aliphatic carbocycles. The molecule has 4 heterocycles. The number of rotatable bonds is 4. The van der Waals surface area contributed by atoms with Crippen molar-refractivity contribution >= 4 is 27.3 Å². The number of thiophene rings is 1. The van der Waals surface area contributed by atoms with Gasteiger partial charge in [-0.1, -0.05) is 49.4 Å². The quantitative estimate of drug-likeness (QED) is 0.683. The van der Waals surface area contributed by atoms with Gasteiger partial charge in [-0.15, -0.1) is 11.3 Å². The van der Waals surface area contributed by atoms with Gasteiger partial charge in [-0.25, -0.2) is 0 Å². The molecule has 1 atom stereocenters. The van der Waals surface area contributed by atoms with E-state index in [9.17, 15) is 4.79 Å². The first-order valence-electron chi connectivity index (χ1n) is 10.4. The molecule has 0 saturated carbocycles. The molecule has 4 heteroatoms. The van der Waals surface area contributed by atoms with Crippen molar-refractivity contribution < 1.29 is 4.79 Å². The highest BCUT2D eigenvalue weighted by atomic mass is 32.1. The molecule has 3 aliphatic heterocycles. The lowest BCUT2D eigenvalue weighted by molar-refractivity contribution is 0.0622. The first-order chi connectivity index (χ1) is 13.7. The molecule has 1 amide bonds. The van der Waals surface area contributed by atoms with Crippen molar-refractivity contribution in [2.24, 2.45) is 5.92 Å². The van der Waals surface area contributed by atoms with E-state index in [0.717, 1.165) is 23.2 Å². The Labute approximate surface area is 170 Å². The molecule has 0 radical (unpaired) electrons. The number of piperidine rings is 3. The number of carbonyl (C=O) groups excluding carboxylic acids is 1. The van der Waals surface area contributed by atoms with E-state index >= 15 is 0 Å². The number of fused-ring (bicyclic) bond motifs is 4. The maximum Gasteiger partial charge on any atom is 0.261 e. The largest absolute Gasteiger partial charge is 0.347 e. The summed E-state index contributed by atoms with van der Waals surface area (Å²) in [5, 5.41) is 4.50. The van der Waals surface area contributed by atoms with Crippen LogP contribution in [-0.2, 0) is 6.42 Å². The summed E-state index contributed by atoms with van der Waals surface area (Å²) in [5.41, 5.74) is 3.87. The molecule has 2 bridgehead atoms. The summed E-state index contributed by atoms with van der Waals surface area (Å²) in [6.45, 7) is 5.59. The second-order valence-corrected chi connectivity index (χ2v) is 9.12. The Morgan fingerprint density at radius 1 is 1.11 bits per heavy atom. The Kier molecular flexibility index (Phi) is 4.69. The zero-order valence-corrected chi connectivity index (χ0v) is 17.1. The van der Waals surface area contributed by atoms with Gasteiger partial charge in [-0.2, -0.15) is 0 Å². The number of hydrogen-bond donors (Lipinski definition) is 1. The third-order valence-corrected chi connectivity index (χ3v) is 7.61. The van der Waals surface area contributed by atoms with Crippen LogP contribution in [0.1, 0.15) is 35.0 Å². The summed E-state index contributed by atoms with van der Waals surface area (Å²) in [4.78, 5) is 16.3. The van der Waals surface area contributed by atoms with Gasteiger partial charge in [0.2, 0.25) is 0 Å². The molecule has 3 saturated heterocycles. The summed E-state index contributed by atoms with van der Waals surface area (Å²) < 4.78 is 1.21. The molecule has 0 unspecified atom stereocenters. The number of hydrogen-bond acceptors (Lipinski definition) is 3. The van der Waals surface area contributed by atoms with E-state index in [2.05, 4.69) is 65.7 Å². The summed E-state index contributed by atoms with van der Waals surface area (Å²) in [6.07, 6.45) is 3.44. The maximum atomic E-state index is 13.0. The predicted octanol–water partition coefficient (Wildman–Crippen LogP) is 4.95. The van der Waals surface area contributed by atoms with E-state index in [-0.39, 0.29) is 5.91 Å². The van der Waals surface area contributed by atoms with Crippen LogP contribution >= 0.6 is 11.3 Å². The maximum absolute atomic E-state index is 13.0. The minimum atomic E-state index is 0.0923. The normalized spacial score (nSPS) is 23.8. The van der Waals surface area contributed by atoms with Crippen LogP contribution in [0.15, 0.2) is 48.5 Å². The van der Waals surface area contributed by atoms with Crippen molar-refractivity contribution in [2.75, 3.05) is 19.6 Å². The zero-order chi connectivity index (χ0) is 19.1. The number of benzene rings is 2. The zero-order valence-electron chi connectivity index (χ0n) is 16.3. The van der Waals surface area contributed by atoms with Crippen LogP contribution in [0, 0.1) is 5.92 Å². The summed E-state index contributed by atoms with van der Waals surface area (Å²) in [6, 6.07) is 17.4. The topological polar surface area (TPSA) is 32.3 Å². The van der Waals surface area contributed by atoms with E-state index in [4.69, 9.17) is 0 Å². The summed E-state index contributed by atoms with van der Waals surface area (Å²) >= 11 is 1.63. The van der Waals surface area contributed by atoms with Gasteiger partial charge >= 0.3 is 0 Å². The van der Waals surface area contributed by atoms with Crippen LogP contribution in [0.25, 0.3) is 21.2 Å². The minimum Gasteiger partial charge on any atom is -0.347 e. The number of carbonyl (C=O) groups is 1. The van der Waals surface area contributed by atoms with E-state index in [1.807, 2.05) is 0 Å². The SMILES string of the molecule is CCc1ccccc1-c1cccc2cc(C(=O)N[C@H]3CN4CCC3CC4)sc12. The van der Waals surface area contributed by atoms with Crippen LogP contribution < -0.4 is 5.32 Å². The molecule has 1 N–H and O–H groups in total. The lowest BCUT2D eigenvalue weighted by atomic mass is 9.84. The molecular formula is C24H26N2OS. The van der Waals surface area contributed by atoms with Gasteiger partial charge in [0.15, 0.2) is 0 Å². The summed E-state index contributed by atoms with van der Waals surface area (Å²) in [5.74, 6) is 0.741. The average molecular weight is 391 g/mol. The van der Waals surface area contributed by atoms with Gasteiger partial charge in [0.25, 0.3) is 5.91 Å². The van der Waals surface area contributed by atoms with E-state index in [0.29, 0.717) is 12.0 Å². The van der Waals surface area contributed by atoms with Gasteiger partial charge in [0, 0.05) is 17.3 Å². The molecule has 3 fully saturated rings. The fourth-order valence-electron chi connectivity index (χ4n) is 4.85. The fourth-order valence-corrected chi connectivity index (χ4v) is 5.94. The Bertz CT molecular complexity index is 1020. The minimum absolute atomic E-state index is 0.0923. The van der Waals surface area contributed by atoms with Crippen molar-refractivity contribution in [3.63, 3.8) is 0 Å². The van der Waals surface area contributed by atoms with Crippen molar-refractivity contribution in [3.05, 3.63) is 59.0 Å². The average Bonchev–Trinajstić information content (AvgIpc) is 3.19. The van der Waals surface area contributed by atoms with Crippen LogP contribution in [0.5, 0.6) is 0 Å². The monoisotopic (exact) mass is 390 g/mol. The van der Waals surface area contributed by atoms with Gasteiger partial charge in [0.1, 0.15) is 0 Å². The lowest BCUT2D eigenvalue weighted by Gasteiger charge is -2.44. The predicted molar refractivity (Wildman–Crippen MR) is 117 cm³/mol. The molecule has 3 aromatic rings. The Balaban J connectivity index is 1.46. The van der Waals surface area contributed by atoms with Gasteiger partial charge in [-0.3, -0.25) is 4.79 Å². The third kappa shape index (κ3) is 3.15. The van der Waals surface area contributed by atoms with Crippen molar-refractivity contribution in [2.45, 2.75) is 32.2 Å². The van der Waals surface area contributed by atoms with Crippen LogP contribution in [-0.4, -0.2) is 36.5 Å². The standard InChI is InChI=1S/C24H26N2OS/c1-2-16-6-3-4-8-19(16)20-9-5-7-18-14-22(28-23(18)20)24(27)25-21-15-26-12-10-17(21)11-13-26/h3-9,14,17,21H,2,10-13,15H2,1H3,(H,25,27)/t21-/m0/s1.